The molecule has 142 valence electrons. The van der Waals surface area contributed by atoms with Gasteiger partial charge in [-0.3, -0.25) is 9.59 Å². The lowest BCUT2D eigenvalue weighted by Gasteiger charge is -2.25. The van der Waals surface area contributed by atoms with E-state index in [1.165, 1.54) is 0 Å². The molecule has 0 rings (SSSR count). The second kappa shape index (κ2) is 11.5. The Morgan fingerprint density at radius 1 is 0.875 bits per heavy atom. The minimum absolute atomic E-state index is 0.0657. The lowest BCUT2D eigenvalue weighted by Crippen LogP contribution is -2.53. The molecule has 0 aromatic heterocycles. The van der Waals surface area contributed by atoms with Gasteiger partial charge in [0.1, 0.15) is 18.3 Å². The molecule has 1 amide bonds. The molecule has 0 saturated carbocycles. The molecular weight excluding hydrogens is 314 g/mol. The largest absolute Gasteiger partial charge is 0.387 e. The number of Topliss-reactive ketones (excluding diaryl/α,β-unsaturated/α-hetero) is 1. The Morgan fingerprint density at radius 3 is 1.88 bits per heavy atom. The molecule has 7 heteroatoms. The molecule has 0 heterocycles. The predicted molar refractivity (Wildman–Crippen MR) is 90.2 cm³/mol. The molecule has 0 fully saturated rings. The average Bonchev–Trinajstić information content (AvgIpc) is 2.60. The van der Waals surface area contributed by atoms with Crippen LogP contribution in [0.2, 0.25) is 0 Å². The van der Waals surface area contributed by atoms with E-state index < -0.39 is 36.1 Å². The summed E-state index contributed by atoms with van der Waals surface area (Å²) in [6.07, 6.45) is -5.25. The van der Waals surface area contributed by atoms with Crippen LogP contribution in [0.25, 0.3) is 0 Å². The number of carbonyl (C=O) groups is 2. The number of ketones is 1. The maximum absolute atomic E-state index is 11.9. The van der Waals surface area contributed by atoms with Gasteiger partial charge >= 0.3 is 0 Å². The van der Waals surface area contributed by atoms with Gasteiger partial charge in [-0.1, -0.05) is 40.5 Å². The first-order chi connectivity index (χ1) is 11.1. The van der Waals surface area contributed by atoms with Crippen LogP contribution in [-0.4, -0.2) is 63.1 Å². The fourth-order valence-corrected chi connectivity index (χ4v) is 1.98. The van der Waals surface area contributed by atoms with Crippen molar-refractivity contribution in [3.63, 3.8) is 0 Å². The van der Waals surface area contributed by atoms with E-state index in [1.807, 2.05) is 27.7 Å². The Hall–Kier alpha value is -1.02. The molecule has 0 bridgehead atoms. The van der Waals surface area contributed by atoms with Crippen LogP contribution in [0.4, 0.5) is 0 Å². The zero-order valence-electron chi connectivity index (χ0n) is 15.1. The van der Waals surface area contributed by atoms with Crippen LogP contribution in [0.15, 0.2) is 0 Å². The molecular formula is C17H33NO6. The van der Waals surface area contributed by atoms with E-state index in [-0.39, 0.29) is 12.3 Å². The molecule has 0 aromatic carbocycles. The number of aliphatic hydroxyl groups excluding tert-OH is 4. The first kappa shape index (κ1) is 23.0. The number of hydrogen-bond donors (Lipinski definition) is 5. The van der Waals surface area contributed by atoms with Gasteiger partial charge in [-0.15, -0.1) is 0 Å². The highest BCUT2D eigenvalue weighted by molar-refractivity contribution is 5.84. The van der Waals surface area contributed by atoms with E-state index in [1.54, 1.807) is 0 Å². The summed E-state index contributed by atoms with van der Waals surface area (Å²) in [7, 11) is 0. The van der Waals surface area contributed by atoms with Crippen molar-refractivity contribution in [2.75, 3.05) is 6.54 Å². The van der Waals surface area contributed by atoms with Crippen molar-refractivity contribution in [1.82, 2.24) is 5.32 Å². The smallest absolute Gasteiger partial charge is 0.251 e. The molecule has 7 nitrogen and oxygen atoms in total. The molecule has 0 aromatic rings. The summed E-state index contributed by atoms with van der Waals surface area (Å²) < 4.78 is 0. The van der Waals surface area contributed by atoms with Gasteiger partial charge in [0.25, 0.3) is 5.91 Å². The van der Waals surface area contributed by atoms with Crippen LogP contribution >= 0.6 is 0 Å². The van der Waals surface area contributed by atoms with Gasteiger partial charge in [0.2, 0.25) is 0 Å². The summed E-state index contributed by atoms with van der Waals surface area (Å²) in [5.41, 5.74) is 0. The third-order valence-electron chi connectivity index (χ3n) is 4.50. The number of hydrogen-bond acceptors (Lipinski definition) is 6. The summed E-state index contributed by atoms with van der Waals surface area (Å²) in [6.45, 7) is 8.14. The number of aliphatic hydroxyl groups is 4. The quantitative estimate of drug-likeness (QED) is 0.338. The fraction of sp³-hybridized carbons (Fsp3) is 0.882. The number of nitrogens with one attached hydrogen (secondary N) is 1. The van der Waals surface area contributed by atoms with Crippen molar-refractivity contribution in [1.29, 1.82) is 0 Å². The summed E-state index contributed by atoms with van der Waals surface area (Å²) in [4.78, 5) is 23.6. The Morgan fingerprint density at radius 2 is 1.38 bits per heavy atom. The number of rotatable bonds is 12. The van der Waals surface area contributed by atoms with Crippen LogP contribution < -0.4 is 5.32 Å². The van der Waals surface area contributed by atoms with E-state index in [4.69, 9.17) is 0 Å². The van der Waals surface area contributed by atoms with Crippen LogP contribution in [-0.2, 0) is 9.59 Å². The summed E-state index contributed by atoms with van der Waals surface area (Å²) in [6, 6.07) is 0. The summed E-state index contributed by atoms with van der Waals surface area (Å²) in [5, 5.41) is 41.8. The zero-order chi connectivity index (χ0) is 18.9. The monoisotopic (exact) mass is 347 g/mol. The molecule has 0 aliphatic rings. The standard InChI is InChI=1S/C17H33NO6/c1-5-10(3)7-8-12(19)13(20)14(21)15(22)16(23)17(24)18-9-11(4)6-2/h10-11,13-16,20-23H,5-9H2,1-4H3,(H,18,24)/t10?,11?,13-,14-,15+,16-/m1/s1. The number of carbonyl (C=O) groups excluding carboxylic acids is 2. The molecule has 24 heavy (non-hydrogen) atoms. The number of amides is 1. The molecule has 6 atom stereocenters. The zero-order valence-corrected chi connectivity index (χ0v) is 15.1. The normalized spacial score (nSPS) is 19.0. The van der Waals surface area contributed by atoms with Crippen molar-refractivity contribution < 1.29 is 30.0 Å². The molecule has 0 aliphatic carbocycles. The van der Waals surface area contributed by atoms with Gasteiger partial charge in [-0.25, -0.2) is 0 Å². The van der Waals surface area contributed by atoms with Gasteiger partial charge in [-0.2, -0.15) is 0 Å². The Bertz CT molecular complexity index is 353. The maximum Gasteiger partial charge on any atom is 0.251 e. The van der Waals surface area contributed by atoms with Gasteiger partial charge < -0.3 is 25.7 Å². The van der Waals surface area contributed by atoms with Gasteiger partial charge in [0.05, 0.1) is 0 Å². The van der Waals surface area contributed by atoms with E-state index in [0.29, 0.717) is 18.9 Å². The minimum Gasteiger partial charge on any atom is -0.387 e. The first-order valence-electron chi connectivity index (χ1n) is 8.68. The van der Waals surface area contributed by atoms with Crippen molar-refractivity contribution in [2.24, 2.45) is 11.8 Å². The predicted octanol–water partition coefficient (Wildman–Crippen LogP) is -0.0123. The van der Waals surface area contributed by atoms with Crippen molar-refractivity contribution in [3.05, 3.63) is 0 Å². The van der Waals surface area contributed by atoms with E-state index in [0.717, 1.165) is 12.8 Å². The third kappa shape index (κ3) is 7.70. The Kier molecular flexibility index (Phi) is 11.0. The molecule has 0 aliphatic heterocycles. The third-order valence-corrected chi connectivity index (χ3v) is 4.50. The second-order valence-electron chi connectivity index (χ2n) is 6.65. The molecule has 0 spiro atoms. The van der Waals surface area contributed by atoms with Crippen LogP contribution in [0.3, 0.4) is 0 Å². The summed E-state index contributed by atoms with van der Waals surface area (Å²) >= 11 is 0. The molecule has 0 radical (unpaired) electrons. The van der Waals surface area contributed by atoms with Crippen molar-refractivity contribution in [2.45, 2.75) is 77.8 Å². The maximum atomic E-state index is 11.9. The lowest BCUT2D eigenvalue weighted by atomic mass is 9.94. The Balaban J connectivity index is 4.52. The van der Waals surface area contributed by atoms with Crippen LogP contribution in [0.1, 0.15) is 53.4 Å². The molecule has 2 unspecified atom stereocenters. The van der Waals surface area contributed by atoms with E-state index in [9.17, 15) is 30.0 Å². The summed E-state index contributed by atoms with van der Waals surface area (Å²) in [5.74, 6) is -0.953. The van der Waals surface area contributed by atoms with Crippen molar-refractivity contribution >= 4 is 11.7 Å². The lowest BCUT2D eigenvalue weighted by molar-refractivity contribution is -0.154. The topological polar surface area (TPSA) is 127 Å². The van der Waals surface area contributed by atoms with Gasteiger partial charge in [-0.05, 0) is 18.3 Å². The minimum atomic E-state index is -1.94. The second-order valence-corrected chi connectivity index (χ2v) is 6.65. The van der Waals surface area contributed by atoms with Gasteiger partial charge in [0.15, 0.2) is 11.9 Å². The van der Waals surface area contributed by atoms with Crippen LogP contribution in [0.5, 0.6) is 0 Å². The highest BCUT2D eigenvalue weighted by atomic mass is 16.4. The molecule has 5 N–H and O–H groups in total. The van der Waals surface area contributed by atoms with Crippen LogP contribution in [0, 0.1) is 11.8 Å². The van der Waals surface area contributed by atoms with E-state index >= 15 is 0 Å². The SMILES string of the molecule is CCC(C)CCC(=O)[C@@H](O)[C@@H](O)[C@H](O)[C@@H](O)C(=O)NCC(C)CC. The molecule has 0 saturated heterocycles. The fourth-order valence-electron chi connectivity index (χ4n) is 1.98. The Labute approximate surface area is 144 Å². The van der Waals surface area contributed by atoms with E-state index in [2.05, 4.69) is 5.32 Å². The first-order valence-corrected chi connectivity index (χ1v) is 8.68. The van der Waals surface area contributed by atoms with Crippen molar-refractivity contribution in [3.8, 4) is 0 Å². The highest BCUT2D eigenvalue weighted by Gasteiger charge is 2.37. The highest BCUT2D eigenvalue weighted by Crippen LogP contribution is 2.14. The van der Waals surface area contributed by atoms with Gasteiger partial charge in [0, 0.05) is 13.0 Å². The average molecular weight is 347 g/mol.